The van der Waals surface area contributed by atoms with Gasteiger partial charge in [0.15, 0.2) is 0 Å². The Morgan fingerprint density at radius 2 is 2.00 bits per heavy atom. The summed E-state index contributed by atoms with van der Waals surface area (Å²) in [5.74, 6) is 1.27. The van der Waals surface area contributed by atoms with Gasteiger partial charge in [-0.15, -0.1) is 0 Å². The summed E-state index contributed by atoms with van der Waals surface area (Å²) in [4.78, 5) is 22.3. The molecule has 1 N–H and O–H groups in total. The minimum Gasteiger partial charge on any atom is -0.444 e. The van der Waals surface area contributed by atoms with Crippen LogP contribution in [0.25, 0.3) is 0 Å². The largest absolute Gasteiger partial charge is 0.444 e. The molecule has 7 heteroatoms. The molecule has 24 heavy (non-hydrogen) atoms. The number of hydrogen-bond acceptors (Lipinski definition) is 6. The normalized spacial score (nSPS) is 19.7. The fourth-order valence-corrected chi connectivity index (χ4v) is 2.92. The lowest BCUT2D eigenvalue weighted by Gasteiger charge is -2.40. The third-order valence-corrected chi connectivity index (χ3v) is 4.21. The molecule has 0 aliphatic carbocycles. The second-order valence-electron chi connectivity index (χ2n) is 7.44. The lowest BCUT2D eigenvalue weighted by Crippen LogP contribution is -2.58. The summed E-state index contributed by atoms with van der Waals surface area (Å²) >= 11 is 0. The number of nitrogens with one attached hydrogen (secondary N) is 1. The van der Waals surface area contributed by atoms with Gasteiger partial charge in [0.1, 0.15) is 17.7 Å². The second kappa shape index (κ2) is 6.93. The molecule has 7 nitrogen and oxygen atoms in total. The highest BCUT2D eigenvalue weighted by molar-refractivity contribution is 5.69. The van der Waals surface area contributed by atoms with E-state index >= 15 is 0 Å². The molecule has 1 aromatic rings. The van der Waals surface area contributed by atoms with E-state index < -0.39 is 5.60 Å². The third-order valence-electron chi connectivity index (χ3n) is 4.21. The van der Waals surface area contributed by atoms with Gasteiger partial charge in [-0.2, -0.15) is 0 Å². The number of anilines is 1. The molecule has 3 rings (SSSR count). The van der Waals surface area contributed by atoms with Gasteiger partial charge in [0.25, 0.3) is 0 Å². The van der Waals surface area contributed by atoms with Crippen molar-refractivity contribution in [3.8, 4) is 0 Å². The van der Waals surface area contributed by atoms with Gasteiger partial charge in [0, 0.05) is 44.0 Å². The summed E-state index contributed by atoms with van der Waals surface area (Å²) in [5.41, 5.74) is 0.611. The molecule has 0 atom stereocenters. The minimum absolute atomic E-state index is 0.204. The number of ether oxygens (including phenoxy) is 2. The number of carbonyl (C=O) groups is 1. The highest BCUT2D eigenvalue weighted by Gasteiger charge is 2.33. The SMILES string of the molecule is CC(C)(C)OC(=O)N1CC(Nc2cc(C3CCOCC3)ncn2)C1. The lowest BCUT2D eigenvalue weighted by atomic mass is 9.96. The molecular formula is C17H26N4O3. The monoisotopic (exact) mass is 334 g/mol. The predicted octanol–water partition coefficient (Wildman–Crippen LogP) is 2.40. The maximum absolute atomic E-state index is 11.9. The molecule has 0 spiro atoms. The highest BCUT2D eigenvalue weighted by Crippen LogP contribution is 2.26. The molecule has 2 saturated heterocycles. The van der Waals surface area contributed by atoms with Crippen LogP contribution in [-0.2, 0) is 9.47 Å². The van der Waals surface area contributed by atoms with Gasteiger partial charge in [0.05, 0.1) is 6.04 Å². The smallest absolute Gasteiger partial charge is 0.410 e. The fourth-order valence-electron chi connectivity index (χ4n) is 2.92. The second-order valence-corrected chi connectivity index (χ2v) is 7.44. The van der Waals surface area contributed by atoms with E-state index in [-0.39, 0.29) is 12.1 Å². The van der Waals surface area contributed by atoms with Crippen LogP contribution in [0.15, 0.2) is 12.4 Å². The topological polar surface area (TPSA) is 76.6 Å². The van der Waals surface area contributed by atoms with Crippen LogP contribution in [0.5, 0.6) is 0 Å². The molecule has 2 fully saturated rings. The first-order valence-corrected chi connectivity index (χ1v) is 8.55. The van der Waals surface area contributed by atoms with Crippen LogP contribution >= 0.6 is 0 Å². The number of carbonyl (C=O) groups excluding carboxylic acids is 1. The van der Waals surface area contributed by atoms with Crippen molar-refractivity contribution in [3.63, 3.8) is 0 Å². The molecule has 1 amide bonds. The van der Waals surface area contributed by atoms with Gasteiger partial charge in [-0.05, 0) is 33.6 Å². The van der Waals surface area contributed by atoms with Crippen molar-refractivity contribution in [1.82, 2.24) is 14.9 Å². The summed E-state index contributed by atoms with van der Waals surface area (Å²) in [7, 11) is 0. The Morgan fingerprint density at radius 3 is 2.67 bits per heavy atom. The summed E-state index contributed by atoms with van der Waals surface area (Å²) in [6, 6.07) is 2.22. The molecule has 0 bridgehead atoms. The van der Waals surface area contributed by atoms with Gasteiger partial charge in [-0.25, -0.2) is 14.8 Å². The Labute approximate surface area is 142 Å². The summed E-state index contributed by atoms with van der Waals surface area (Å²) in [5, 5.41) is 3.37. The molecule has 2 aliphatic rings. The average Bonchev–Trinajstić information content (AvgIpc) is 2.50. The van der Waals surface area contributed by atoms with Crippen molar-refractivity contribution in [2.75, 3.05) is 31.6 Å². The van der Waals surface area contributed by atoms with Crippen LogP contribution in [0.4, 0.5) is 10.6 Å². The Balaban J connectivity index is 1.50. The van der Waals surface area contributed by atoms with Crippen LogP contribution < -0.4 is 5.32 Å². The minimum atomic E-state index is -0.457. The van der Waals surface area contributed by atoms with E-state index in [1.807, 2.05) is 26.8 Å². The maximum atomic E-state index is 11.9. The zero-order valence-corrected chi connectivity index (χ0v) is 14.6. The first kappa shape index (κ1) is 17.0. The van der Waals surface area contributed by atoms with Crippen LogP contribution in [0, 0.1) is 0 Å². The van der Waals surface area contributed by atoms with E-state index in [0.717, 1.165) is 37.6 Å². The molecule has 0 unspecified atom stereocenters. The number of aromatic nitrogens is 2. The zero-order chi connectivity index (χ0) is 17.2. The van der Waals surface area contributed by atoms with E-state index in [4.69, 9.17) is 9.47 Å². The van der Waals surface area contributed by atoms with Crippen molar-refractivity contribution in [1.29, 1.82) is 0 Å². The number of likely N-dealkylation sites (tertiary alicyclic amines) is 1. The van der Waals surface area contributed by atoms with Crippen molar-refractivity contribution in [3.05, 3.63) is 18.1 Å². The van der Waals surface area contributed by atoms with Crippen LogP contribution in [0.2, 0.25) is 0 Å². The van der Waals surface area contributed by atoms with Gasteiger partial charge < -0.3 is 19.7 Å². The number of hydrogen-bond donors (Lipinski definition) is 1. The summed E-state index contributed by atoms with van der Waals surface area (Å²) in [6.07, 6.45) is 3.36. The van der Waals surface area contributed by atoms with Crippen molar-refractivity contribution >= 4 is 11.9 Å². The molecule has 132 valence electrons. The van der Waals surface area contributed by atoms with Crippen LogP contribution in [0.1, 0.15) is 45.2 Å². The van der Waals surface area contributed by atoms with Gasteiger partial charge in [-0.1, -0.05) is 0 Å². The van der Waals surface area contributed by atoms with Crippen molar-refractivity contribution in [2.45, 2.75) is 51.2 Å². The van der Waals surface area contributed by atoms with Gasteiger partial charge in [0.2, 0.25) is 0 Å². The first-order chi connectivity index (χ1) is 11.4. The number of amides is 1. The summed E-state index contributed by atoms with van der Waals surface area (Å²) < 4.78 is 10.8. The Kier molecular flexibility index (Phi) is 4.89. The van der Waals surface area contributed by atoms with Gasteiger partial charge >= 0.3 is 6.09 Å². The molecule has 2 aliphatic heterocycles. The van der Waals surface area contributed by atoms with Crippen molar-refractivity contribution < 1.29 is 14.3 Å². The first-order valence-electron chi connectivity index (χ1n) is 8.55. The predicted molar refractivity (Wildman–Crippen MR) is 90.0 cm³/mol. The van der Waals surface area contributed by atoms with Crippen molar-refractivity contribution in [2.24, 2.45) is 0 Å². The van der Waals surface area contributed by atoms with Crippen LogP contribution in [0.3, 0.4) is 0 Å². The molecule has 0 aromatic carbocycles. The standard InChI is InChI=1S/C17H26N4O3/c1-17(2,3)24-16(22)21-9-13(10-21)20-15-8-14(18-11-19-15)12-4-6-23-7-5-12/h8,11-13H,4-7,9-10H2,1-3H3,(H,18,19,20). The summed E-state index contributed by atoms with van der Waals surface area (Å²) in [6.45, 7) is 8.48. The number of nitrogens with zero attached hydrogens (tertiary/aromatic N) is 3. The molecule has 1 aromatic heterocycles. The quantitative estimate of drug-likeness (QED) is 0.915. The van der Waals surface area contributed by atoms with E-state index in [1.54, 1.807) is 11.2 Å². The maximum Gasteiger partial charge on any atom is 0.410 e. The fraction of sp³-hybridized carbons (Fsp3) is 0.706. The van der Waals surface area contributed by atoms with E-state index in [9.17, 15) is 4.79 Å². The molecule has 0 radical (unpaired) electrons. The third kappa shape index (κ3) is 4.35. The Bertz CT molecular complexity index is 575. The van der Waals surface area contributed by atoms with E-state index in [2.05, 4.69) is 15.3 Å². The molecule has 3 heterocycles. The molecular weight excluding hydrogens is 308 g/mol. The zero-order valence-electron chi connectivity index (χ0n) is 14.6. The Morgan fingerprint density at radius 1 is 1.29 bits per heavy atom. The van der Waals surface area contributed by atoms with Crippen LogP contribution in [-0.4, -0.2) is 58.9 Å². The Hall–Kier alpha value is -1.89. The van der Waals surface area contributed by atoms with Gasteiger partial charge in [-0.3, -0.25) is 0 Å². The average molecular weight is 334 g/mol. The number of rotatable bonds is 3. The molecule has 0 saturated carbocycles. The van der Waals surface area contributed by atoms with E-state index in [0.29, 0.717) is 19.0 Å². The van der Waals surface area contributed by atoms with E-state index in [1.165, 1.54) is 0 Å². The highest BCUT2D eigenvalue weighted by atomic mass is 16.6. The lowest BCUT2D eigenvalue weighted by molar-refractivity contribution is 0.0104.